The number of carbonyl (C=O) groups excluding carboxylic acids is 1. The molecule has 1 aliphatic carbocycles. The number of ether oxygens (including phenoxy) is 2. The van der Waals surface area contributed by atoms with Crippen LogP contribution in [0.2, 0.25) is 0 Å². The maximum atomic E-state index is 12.2. The van der Waals surface area contributed by atoms with Crippen LogP contribution >= 0.6 is 0 Å². The van der Waals surface area contributed by atoms with E-state index in [0.29, 0.717) is 26.4 Å². The van der Waals surface area contributed by atoms with Gasteiger partial charge in [0.2, 0.25) is 5.91 Å². The van der Waals surface area contributed by atoms with Crippen LogP contribution in [0.25, 0.3) is 0 Å². The van der Waals surface area contributed by atoms with Gasteiger partial charge in [0.25, 0.3) is 0 Å². The average molecular weight is 256 g/mol. The number of nitrogens with one attached hydrogen (secondary N) is 1. The first-order valence-corrected chi connectivity index (χ1v) is 6.80. The van der Waals surface area contributed by atoms with Crippen molar-refractivity contribution in [2.24, 2.45) is 11.8 Å². The van der Waals surface area contributed by atoms with E-state index in [2.05, 4.69) is 5.32 Å². The van der Waals surface area contributed by atoms with Gasteiger partial charge in [-0.15, -0.1) is 0 Å². The van der Waals surface area contributed by atoms with E-state index in [-0.39, 0.29) is 17.9 Å². The van der Waals surface area contributed by atoms with Crippen LogP contribution in [0.5, 0.6) is 0 Å². The Morgan fingerprint density at radius 2 is 2.22 bits per heavy atom. The minimum atomic E-state index is -0.0524. The molecule has 1 aliphatic heterocycles. The first-order valence-electron chi connectivity index (χ1n) is 6.80. The van der Waals surface area contributed by atoms with Crippen molar-refractivity contribution in [3.8, 4) is 0 Å². The fourth-order valence-electron chi connectivity index (χ4n) is 2.21. The van der Waals surface area contributed by atoms with E-state index in [0.717, 1.165) is 12.5 Å². The highest BCUT2D eigenvalue weighted by Gasteiger charge is 2.34. The lowest BCUT2D eigenvalue weighted by molar-refractivity contribution is -0.135. The monoisotopic (exact) mass is 256 g/mol. The Morgan fingerprint density at radius 3 is 2.89 bits per heavy atom. The second-order valence-electron chi connectivity index (χ2n) is 5.32. The van der Waals surface area contributed by atoms with Crippen LogP contribution in [0.4, 0.5) is 0 Å². The normalized spacial score (nSPS) is 27.4. The number of hydrogen-bond acceptors (Lipinski definition) is 4. The van der Waals surface area contributed by atoms with Gasteiger partial charge in [-0.25, -0.2) is 0 Å². The van der Waals surface area contributed by atoms with Gasteiger partial charge in [0.05, 0.1) is 25.7 Å². The third-order valence-electron chi connectivity index (χ3n) is 3.77. The number of likely N-dealkylation sites (N-methyl/N-ethyl adjacent to an activating group) is 2. The van der Waals surface area contributed by atoms with Gasteiger partial charge in [-0.1, -0.05) is 0 Å². The van der Waals surface area contributed by atoms with Crippen molar-refractivity contribution in [1.29, 1.82) is 0 Å². The number of amides is 1. The average Bonchev–Trinajstić information content (AvgIpc) is 3.08. The maximum Gasteiger partial charge on any atom is 0.229 e. The molecule has 2 aliphatic rings. The fraction of sp³-hybridized carbons (Fsp3) is 0.923. The summed E-state index contributed by atoms with van der Waals surface area (Å²) < 4.78 is 10.9. The molecule has 2 rings (SSSR count). The molecule has 0 spiro atoms. The summed E-state index contributed by atoms with van der Waals surface area (Å²) in [7, 11) is 3.71. The zero-order chi connectivity index (χ0) is 13.0. The zero-order valence-electron chi connectivity index (χ0n) is 11.4. The Hall–Kier alpha value is -0.650. The summed E-state index contributed by atoms with van der Waals surface area (Å²) in [4.78, 5) is 14.0. The zero-order valence-corrected chi connectivity index (χ0v) is 11.4. The van der Waals surface area contributed by atoms with Crippen molar-refractivity contribution in [1.82, 2.24) is 10.2 Å². The molecule has 0 radical (unpaired) electrons. The van der Waals surface area contributed by atoms with Crippen LogP contribution in [0.15, 0.2) is 0 Å². The molecule has 0 aromatic heterocycles. The Morgan fingerprint density at radius 1 is 1.44 bits per heavy atom. The van der Waals surface area contributed by atoms with Crippen molar-refractivity contribution < 1.29 is 14.3 Å². The molecule has 0 bridgehead atoms. The van der Waals surface area contributed by atoms with E-state index < -0.39 is 0 Å². The van der Waals surface area contributed by atoms with Crippen LogP contribution in [0.3, 0.4) is 0 Å². The Balaban J connectivity index is 1.66. The van der Waals surface area contributed by atoms with Gasteiger partial charge in [0.15, 0.2) is 0 Å². The highest BCUT2D eigenvalue weighted by molar-refractivity contribution is 5.79. The van der Waals surface area contributed by atoms with E-state index in [1.165, 1.54) is 12.8 Å². The van der Waals surface area contributed by atoms with Crippen molar-refractivity contribution >= 4 is 5.91 Å². The van der Waals surface area contributed by atoms with Crippen molar-refractivity contribution in [3.05, 3.63) is 0 Å². The van der Waals surface area contributed by atoms with E-state index in [1.54, 1.807) is 4.90 Å². The highest BCUT2D eigenvalue weighted by atomic mass is 16.5. The van der Waals surface area contributed by atoms with Gasteiger partial charge in [-0.2, -0.15) is 0 Å². The summed E-state index contributed by atoms with van der Waals surface area (Å²) in [6.45, 7) is 3.30. The lowest BCUT2D eigenvalue weighted by Gasteiger charge is -2.23. The first-order chi connectivity index (χ1) is 8.72. The molecule has 1 heterocycles. The predicted octanol–water partition coefficient (Wildman–Crippen LogP) is 0.106. The lowest BCUT2D eigenvalue weighted by Crippen LogP contribution is -2.44. The van der Waals surface area contributed by atoms with Gasteiger partial charge in [-0.3, -0.25) is 4.79 Å². The Bertz CT molecular complexity index is 281. The minimum absolute atomic E-state index is 0.0524. The van der Waals surface area contributed by atoms with Crippen LogP contribution in [0.1, 0.15) is 12.8 Å². The fourth-order valence-corrected chi connectivity index (χ4v) is 2.21. The molecule has 2 fully saturated rings. The third kappa shape index (κ3) is 3.67. The molecule has 5 nitrogen and oxygen atoms in total. The summed E-state index contributed by atoms with van der Waals surface area (Å²) in [5.74, 6) is 0.883. The molecular formula is C13H24N2O3. The Labute approximate surface area is 109 Å². The third-order valence-corrected chi connectivity index (χ3v) is 3.77. The maximum absolute atomic E-state index is 12.2. The Kier molecular flexibility index (Phi) is 4.97. The highest BCUT2D eigenvalue weighted by Crippen LogP contribution is 2.28. The van der Waals surface area contributed by atoms with Crippen molar-refractivity contribution in [2.75, 3.05) is 47.1 Å². The molecule has 2 atom stereocenters. The number of nitrogens with zero attached hydrogens (tertiary/aromatic N) is 1. The summed E-state index contributed by atoms with van der Waals surface area (Å²) in [6, 6.07) is 0.146. The number of rotatable bonds is 7. The lowest BCUT2D eigenvalue weighted by atomic mass is 10.0. The van der Waals surface area contributed by atoms with Gasteiger partial charge >= 0.3 is 0 Å². The van der Waals surface area contributed by atoms with Gasteiger partial charge in [0, 0.05) is 26.2 Å². The number of hydrogen-bond donors (Lipinski definition) is 1. The van der Waals surface area contributed by atoms with Crippen molar-refractivity contribution in [3.63, 3.8) is 0 Å². The molecule has 1 saturated carbocycles. The quantitative estimate of drug-likeness (QED) is 0.657. The van der Waals surface area contributed by atoms with Crippen LogP contribution in [-0.4, -0.2) is 63.9 Å². The standard InChI is InChI=1S/C13H24N2O3/c1-14-12-9-18-8-11(12)13(16)15(2)5-6-17-7-10-3-4-10/h10-12,14H,3-9H2,1-2H3. The molecule has 104 valence electrons. The molecule has 2 unspecified atom stereocenters. The van der Waals surface area contributed by atoms with E-state index in [9.17, 15) is 4.79 Å². The predicted molar refractivity (Wildman–Crippen MR) is 68.3 cm³/mol. The van der Waals surface area contributed by atoms with Gasteiger partial charge in [-0.05, 0) is 25.8 Å². The smallest absolute Gasteiger partial charge is 0.229 e. The van der Waals surface area contributed by atoms with Gasteiger partial charge < -0.3 is 19.7 Å². The molecule has 1 saturated heterocycles. The second-order valence-corrected chi connectivity index (χ2v) is 5.32. The number of carbonyl (C=O) groups is 1. The summed E-state index contributed by atoms with van der Waals surface area (Å²) >= 11 is 0. The van der Waals surface area contributed by atoms with Gasteiger partial charge in [0.1, 0.15) is 0 Å². The summed E-state index contributed by atoms with van der Waals surface area (Å²) in [5, 5.41) is 3.14. The largest absolute Gasteiger partial charge is 0.379 e. The van der Waals surface area contributed by atoms with E-state index in [4.69, 9.17) is 9.47 Å². The first kappa shape index (κ1) is 13.8. The topological polar surface area (TPSA) is 50.8 Å². The van der Waals surface area contributed by atoms with E-state index >= 15 is 0 Å². The molecule has 1 amide bonds. The molecule has 1 N–H and O–H groups in total. The van der Waals surface area contributed by atoms with Crippen molar-refractivity contribution in [2.45, 2.75) is 18.9 Å². The molecule has 18 heavy (non-hydrogen) atoms. The molecular weight excluding hydrogens is 232 g/mol. The summed E-state index contributed by atoms with van der Waals surface area (Å²) in [6.07, 6.45) is 2.61. The minimum Gasteiger partial charge on any atom is -0.379 e. The van der Waals surface area contributed by atoms with Crippen LogP contribution in [-0.2, 0) is 14.3 Å². The van der Waals surface area contributed by atoms with Crippen LogP contribution < -0.4 is 5.32 Å². The second kappa shape index (κ2) is 6.50. The van der Waals surface area contributed by atoms with Crippen LogP contribution in [0, 0.1) is 11.8 Å². The molecule has 0 aromatic carbocycles. The summed E-state index contributed by atoms with van der Waals surface area (Å²) in [5.41, 5.74) is 0. The SMILES string of the molecule is CNC1COCC1C(=O)N(C)CCOCC1CC1. The van der Waals surface area contributed by atoms with E-state index in [1.807, 2.05) is 14.1 Å². The molecule has 0 aromatic rings. The molecule has 5 heteroatoms.